The predicted molar refractivity (Wildman–Crippen MR) is 57.9 cm³/mol. The molecule has 0 spiro atoms. The lowest BCUT2D eigenvalue weighted by Gasteiger charge is -2.06. The van der Waals surface area contributed by atoms with Crippen LogP contribution < -0.4 is 5.32 Å². The summed E-state index contributed by atoms with van der Waals surface area (Å²) >= 11 is 6.89. The molecule has 2 heterocycles. The Balaban J connectivity index is 1.82. The number of carbonyl (C=O) groups excluding carboxylic acids is 2. The van der Waals surface area contributed by atoms with Gasteiger partial charge in [-0.2, -0.15) is 0 Å². The minimum atomic E-state index is -0.696. The Kier molecular flexibility index (Phi) is 3.31. The number of thiophene rings is 1. The SMILES string of the molecule is O=C1OC[C@H](CNC(=O)c2ccc(Cl)s2)O1. The molecule has 1 N–H and O–H groups in total. The van der Waals surface area contributed by atoms with E-state index in [1.807, 2.05) is 0 Å². The third kappa shape index (κ3) is 2.65. The van der Waals surface area contributed by atoms with Gasteiger partial charge in [-0.05, 0) is 12.1 Å². The Morgan fingerprint density at radius 3 is 3.00 bits per heavy atom. The molecule has 1 aliphatic heterocycles. The predicted octanol–water partition coefficient (Wildman–Crippen LogP) is 1.67. The van der Waals surface area contributed by atoms with Crippen LogP contribution in [0, 0.1) is 0 Å². The average molecular weight is 262 g/mol. The fourth-order valence-electron chi connectivity index (χ4n) is 1.20. The third-order valence-corrected chi connectivity index (χ3v) is 3.17. The van der Waals surface area contributed by atoms with Gasteiger partial charge < -0.3 is 14.8 Å². The van der Waals surface area contributed by atoms with E-state index in [1.165, 1.54) is 11.3 Å². The van der Waals surface area contributed by atoms with Gasteiger partial charge in [0.2, 0.25) is 0 Å². The molecule has 1 fully saturated rings. The second kappa shape index (κ2) is 4.71. The first-order valence-corrected chi connectivity index (χ1v) is 5.71. The summed E-state index contributed by atoms with van der Waals surface area (Å²) in [6, 6.07) is 3.29. The highest BCUT2D eigenvalue weighted by molar-refractivity contribution is 7.17. The van der Waals surface area contributed by atoms with Gasteiger partial charge >= 0.3 is 6.16 Å². The third-order valence-electron chi connectivity index (χ3n) is 1.94. The monoisotopic (exact) mass is 261 g/mol. The number of halogens is 1. The minimum absolute atomic E-state index is 0.171. The van der Waals surface area contributed by atoms with Crippen molar-refractivity contribution in [1.82, 2.24) is 5.32 Å². The van der Waals surface area contributed by atoms with Crippen LogP contribution in [0.5, 0.6) is 0 Å². The number of rotatable bonds is 3. The number of hydrogen-bond donors (Lipinski definition) is 1. The van der Waals surface area contributed by atoms with Gasteiger partial charge in [-0.3, -0.25) is 4.79 Å². The van der Waals surface area contributed by atoms with Crippen LogP contribution in [0.15, 0.2) is 12.1 Å². The van der Waals surface area contributed by atoms with Crippen molar-refractivity contribution in [3.63, 3.8) is 0 Å². The highest BCUT2D eigenvalue weighted by Gasteiger charge is 2.25. The number of carbonyl (C=O) groups is 2. The van der Waals surface area contributed by atoms with Crippen molar-refractivity contribution in [3.8, 4) is 0 Å². The Morgan fingerprint density at radius 1 is 1.62 bits per heavy atom. The zero-order valence-electron chi connectivity index (χ0n) is 8.07. The first kappa shape index (κ1) is 11.2. The summed E-state index contributed by atoms with van der Waals surface area (Å²) in [5.74, 6) is -0.236. The Hall–Kier alpha value is -1.27. The summed E-state index contributed by atoms with van der Waals surface area (Å²) in [5, 5.41) is 2.63. The number of cyclic esters (lactones) is 2. The summed E-state index contributed by atoms with van der Waals surface area (Å²) in [6.07, 6.45) is -1.11. The smallest absolute Gasteiger partial charge is 0.430 e. The first-order chi connectivity index (χ1) is 7.65. The van der Waals surface area contributed by atoms with E-state index in [0.29, 0.717) is 9.21 Å². The maximum Gasteiger partial charge on any atom is 0.508 e. The fourth-order valence-corrected chi connectivity index (χ4v) is 2.16. The molecule has 0 unspecified atom stereocenters. The Labute approximate surface area is 100 Å². The van der Waals surface area contributed by atoms with E-state index >= 15 is 0 Å². The molecule has 1 aromatic rings. The highest BCUT2D eigenvalue weighted by atomic mass is 35.5. The fraction of sp³-hybridized carbons (Fsp3) is 0.333. The molecule has 0 aliphatic carbocycles. The molecule has 0 bridgehead atoms. The van der Waals surface area contributed by atoms with E-state index in [-0.39, 0.29) is 19.1 Å². The summed E-state index contributed by atoms with van der Waals surface area (Å²) < 4.78 is 9.89. The van der Waals surface area contributed by atoms with E-state index < -0.39 is 12.3 Å². The van der Waals surface area contributed by atoms with Gasteiger partial charge in [0.25, 0.3) is 5.91 Å². The molecular weight excluding hydrogens is 254 g/mol. The molecule has 5 nitrogen and oxygen atoms in total. The topological polar surface area (TPSA) is 64.6 Å². The van der Waals surface area contributed by atoms with Crippen molar-refractivity contribution in [2.45, 2.75) is 6.10 Å². The number of hydrogen-bond acceptors (Lipinski definition) is 5. The van der Waals surface area contributed by atoms with Gasteiger partial charge in [-0.15, -0.1) is 11.3 Å². The lowest BCUT2D eigenvalue weighted by Crippen LogP contribution is -2.32. The van der Waals surface area contributed by atoms with Crippen LogP contribution >= 0.6 is 22.9 Å². The zero-order chi connectivity index (χ0) is 11.5. The lowest BCUT2D eigenvalue weighted by molar-refractivity contribution is 0.0914. The zero-order valence-corrected chi connectivity index (χ0v) is 9.64. The summed E-state index contributed by atoms with van der Waals surface area (Å²) in [4.78, 5) is 22.7. The number of amides is 1. The molecule has 1 amide bonds. The summed E-state index contributed by atoms with van der Waals surface area (Å²) in [6.45, 7) is 0.407. The van der Waals surface area contributed by atoms with Crippen molar-refractivity contribution in [2.24, 2.45) is 0 Å². The van der Waals surface area contributed by atoms with Gasteiger partial charge in [0.1, 0.15) is 6.61 Å². The van der Waals surface area contributed by atoms with Gasteiger partial charge in [0.15, 0.2) is 6.10 Å². The van der Waals surface area contributed by atoms with Gasteiger partial charge in [0, 0.05) is 0 Å². The first-order valence-electron chi connectivity index (χ1n) is 4.52. The van der Waals surface area contributed by atoms with E-state index in [1.54, 1.807) is 12.1 Å². The van der Waals surface area contributed by atoms with E-state index in [4.69, 9.17) is 16.3 Å². The molecule has 16 heavy (non-hydrogen) atoms. The molecule has 7 heteroatoms. The second-order valence-electron chi connectivity index (χ2n) is 3.11. The van der Waals surface area contributed by atoms with E-state index in [9.17, 15) is 9.59 Å². The maximum atomic E-state index is 11.6. The normalized spacial score (nSPS) is 19.1. The van der Waals surface area contributed by atoms with Crippen LogP contribution in [0.2, 0.25) is 4.34 Å². The van der Waals surface area contributed by atoms with E-state index in [2.05, 4.69) is 10.1 Å². The van der Waals surface area contributed by atoms with Crippen LogP contribution in [0.25, 0.3) is 0 Å². The van der Waals surface area contributed by atoms with Gasteiger partial charge in [-0.25, -0.2) is 4.79 Å². The van der Waals surface area contributed by atoms with Gasteiger partial charge in [0.05, 0.1) is 15.8 Å². The van der Waals surface area contributed by atoms with Crippen molar-refractivity contribution >= 4 is 35.0 Å². The molecule has 86 valence electrons. The Morgan fingerprint density at radius 2 is 2.44 bits per heavy atom. The molecule has 1 saturated heterocycles. The lowest BCUT2D eigenvalue weighted by atomic mass is 10.3. The minimum Gasteiger partial charge on any atom is -0.430 e. The molecule has 1 aromatic heterocycles. The Bertz CT molecular complexity index is 419. The van der Waals surface area contributed by atoms with Crippen LogP contribution in [0.4, 0.5) is 4.79 Å². The van der Waals surface area contributed by atoms with E-state index in [0.717, 1.165) is 0 Å². The molecule has 1 atom stereocenters. The van der Waals surface area contributed by atoms with Crippen molar-refractivity contribution in [1.29, 1.82) is 0 Å². The quantitative estimate of drug-likeness (QED) is 0.841. The molecule has 1 aliphatic rings. The van der Waals surface area contributed by atoms with Crippen LogP contribution in [-0.4, -0.2) is 31.3 Å². The number of ether oxygens (including phenoxy) is 2. The van der Waals surface area contributed by atoms with Crippen molar-refractivity contribution in [3.05, 3.63) is 21.3 Å². The molecule has 0 radical (unpaired) electrons. The molecule has 0 aromatic carbocycles. The van der Waals surface area contributed by atoms with Crippen LogP contribution in [0.1, 0.15) is 9.67 Å². The molecule has 0 saturated carbocycles. The van der Waals surface area contributed by atoms with Gasteiger partial charge in [-0.1, -0.05) is 11.6 Å². The summed E-state index contributed by atoms with van der Waals surface area (Å²) in [5.41, 5.74) is 0. The highest BCUT2D eigenvalue weighted by Crippen LogP contribution is 2.21. The molecule has 2 rings (SSSR count). The van der Waals surface area contributed by atoms with Crippen LogP contribution in [0.3, 0.4) is 0 Å². The van der Waals surface area contributed by atoms with Crippen molar-refractivity contribution in [2.75, 3.05) is 13.2 Å². The van der Waals surface area contributed by atoms with Crippen LogP contribution in [-0.2, 0) is 9.47 Å². The largest absolute Gasteiger partial charge is 0.508 e. The van der Waals surface area contributed by atoms with Crippen molar-refractivity contribution < 1.29 is 19.1 Å². The standard InChI is InChI=1S/C9H8ClNO4S/c10-7-2-1-6(16-7)8(12)11-3-5-4-14-9(13)15-5/h1-2,5H,3-4H2,(H,11,12)/t5-/m0/s1. The molecular formula is C9H8ClNO4S. The summed E-state index contributed by atoms with van der Waals surface area (Å²) in [7, 11) is 0. The second-order valence-corrected chi connectivity index (χ2v) is 4.83. The average Bonchev–Trinajstić information content (AvgIpc) is 2.84. The number of nitrogens with one attached hydrogen (secondary N) is 1. The maximum absolute atomic E-state index is 11.6.